The summed E-state index contributed by atoms with van der Waals surface area (Å²) in [5.41, 5.74) is 3.74. The molecule has 0 saturated heterocycles. The maximum absolute atomic E-state index is 12.2. The van der Waals surface area contributed by atoms with E-state index in [1.807, 2.05) is 50.4 Å². The van der Waals surface area contributed by atoms with Gasteiger partial charge in [-0.05, 0) is 30.7 Å². The van der Waals surface area contributed by atoms with Gasteiger partial charge >= 0.3 is 0 Å². The first-order valence-corrected chi connectivity index (χ1v) is 8.65. The van der Waals surface area contributed by atoms with Crippen molar-refractivity contribution in [2.45, 2.75) is 17.8 Å². The standard InChI is InChI=1S/C18H16N4OS/c1-11-6-5-7-12-16(11)20-15(21-17(12)23)10-24-18-19-13-8-3-4-9-14(13)22(18)2/h3-9H,10H2,1-2H3,(H,20,21,23). The van der Waals surface area contributed by atoms with Crippen LogP contribution in [-0.2, 0) is 12.8 Å². The fourth-order valence-electron chi connectivity index (χ4n) is 2.81. The predicted octanol–water partition coefficient (Wildman–Crippen LogP) is 3.41. The largest absolute Gasteiger partial charge is 0.322 e. The first-order chi connectivity index (χ1) is 11.6. The first kappa shape index (κ1) is 15.0. The lowest BCUT2D eigenvalue weighted by atomic mass is 10.1. The minimum atomic E-state index is -0.0932. The van der Waals surface area contributed by atoms with Crippen LogP contribution in [0.15, 0.2) is 52.4 Å². The molecule has 2 aromatic heterocycles. The zero-order chi connectivity index (χ0) is 16.7. The molecular weight excluding hydrogens is 320 g/mol. The number of hydrogen-bond acceptors (Lipinski definition) is 4. The van der Waals surface area contributed by atoms with Gasteiger partial charge < -0.3 is 9.55 Å². The van der Waals surface area contributed by atoms with Crippen LogP contribution >= 0.6 is 11.8 Å². The molecule has 4 rings (SSSR count). The van der Waals surface area contributed by atoms with Crippen molar-refractivity contribution >= 4 is 33.7 Å². The molecule has 6 heteroatoms. The summed E-state index contributed by atoms with van der Waals surface area (Å²) in [6.07, 6.45) is 0. The molecular formula is C18H16N4OS. The topological polar surface area (TPSA) is 63.6 Å². The maximum atomic E-state index is 12.2. The average Bonchev–Trinajstić information content (AvgIpc) is 2.91. The SMILES string of the molecule is Cc1cccc2c(=O)[nH]c(CSc3nc4ccccc4n3C)nc12. The number of para-hydroxylation sites is 3. The Morgan fingerprint density at radius 1 is 1.12 bits per heavy atom. The van der Waals surface area contributed by atoms with Crippen molar-refractivity contribution in [3.8, 4) is 0 Å². The minimum absolute atomic E-state index is 0.0932. The van der Waals surface area contributed by atoms with E-state index in [0.29, 0.717) is 17.0 Å². The molecule has 0 fully saturated rings. The van der Waals surface area contributed by atoms with E-state index in [1.165, 1.54) is 0 Å². The Labute approximate surface area is 142 Å². The second kappa shape index (κ2) is 5.79. The van der Waals surface area contributed by atoms with Gasteiger partial charge in [0.05, 0.1) is 27.7 Å². The van der Waals surface area contributed by atoms with E-state index in [-0.39, 0.29) is 5.56 Å². The fraction of sp³-hybridized carbons (Fsp3) is 0.167. The van der Waals surface area contributed by atoms with E-state index in [9.17, 15) is 4.79 Å². The van der Waals surface area contributed by atoms with Gasteiger partial charge in [0.25, 0.3) is 5.56 Å². The summed E-state index contributed by atoms with van der Waals surface area (Å²) < 4.78 is 2.06. The van der Waals surface area contributed by atoms with Crippen LogP contribution in [0.5, 0.6) is 0 Å². The molecule has 0 amide bonds. The van der Waals surface area contributed by atoms with E-state index in [4.69, 9.17) is 0 Å². The summed E-state index contributed by atoms with van der Waals surface area (Å²) in [5.74, 6) is 1.23. The van der Waals surface area contributed by atoms with Gasteiger partial charge in [-0.25, -0.2) is 9.97 Å². The Bertz CT molecular complexity index is 1110. The van der Waals surface area contributed by atoms with E-state index in [1.54, 1.807) is 17.8 Å². The van der Waals surface area contributed by atoms with Crippen molar-refractivity contribution < 1.29 is 0 Å². The molecule has 0 aliphatic heterocycles. The lowest BCUT2D eigenvalue weighted by molar-refractivity contribution is 0.814. The van der Waals surface area contributed by atoms with Crippen LogP contribution in [0.2, 0.25) is 0 Å². The molecule has 0 atom stereocenters. The van der Waals surface area contributed by atoms with Crippen LogP contribution < -0.4 is 5.56 Å². The van der Waals surface area contributed by atoms with Gasteiger partial charge in [0, 0.05) is 7.05 Å². The van der Waals surface area contributed by atoms with E-state index in [2.05, 4.69) is 19.5 Å². The van der Waals surface area contributed by atoms with Gasteiger partial charge in [0.2, 0.25) is 0 Å². The van der Waals surface area contributed by atoms with Gasteiger partial charge in [0.15, 0.2) is 5.16 Å². The molecule has 0 unspecified atom stereocenters. The van der Waals surface area contributed by atoms with Crippen LogP contribution in [0.1, 0.15) is 11.4 Å². The number of hydrogen-bond donors (Lipinski definition) is 1. The molecule has 1 N–H and O–H groups in total. The molecule has 0 radical (unpaired) electrons. The Morgan fingerprint density at radius 3 is 2.79 bits per heavy atom. The molecule has 5 nitrogen and oxygen atoms in total. The number of aryl methyl sites for hydroxylation is 2. The summed E-state index contributed by atoms with van der Waals surface area (Å²) in [6.45, 7) is 1.97. The van der Waals surface area contributed by atoms with Gasteiger partial charge in [0.1, 0.15) is 5.82 Å². The van der Waals surface area contributed by atoms with Crippen molar-refractivity contribution in [2.75, 3.05) is 0 Å². The number of nitrogens with zero attached hydrogens (tertiary/aromatic N) is 3. The van der Waals surface area contributed by atoms with Crippen molar-refractivity contribution in [1.82, 2.24) is 19.5 Å². The van der Waals surface area contributed by atoms with Gasteiger partial charge in [-0.2, -0.15) is 0 Å². The molecule has 0 saturated carbocycles. The number of fused-ring (bicyclic) bond motifs is 2. The van der Waals surface area contributed by atoms with Crippen LogP contribution in [0.25, 0.3) is 21.9 Å². The highest BCUT2D eigenvalue weighted by atomic mass is 32.2. The summed E-state index contributed by atoms with van der Waals surface area (Å²) in [5, 5.41) is 1.54. The fourth-order valence-corrected chi connectivity index (χ4v) is 3.66. The Hall–Kier alpha value is -2.60. The number of rotatable bonds is 3. The molecule has 0 aliphatic rings. The number of imidazole rings is 1. The smallest absolute Gasteiger partial charge is 0.258 e. The Morgan fingerprint density at radius 2 is 1.96 bits per heavy atom. The number of aromatic amines is 1. The quantitative estimate of drug-likeness (QED) is 0.582. The molecule has 4 aromatic rings. The van der Waals surface area contributed by atoms with Crippen molar-refractivity contribution in [1.29, 1.82) is 0 Å². The molecule has 24 heavy (non-hydrogen) atoms. The highest BCUT2D eigenvalue weighted by Gasteiger charge is 2.10. The van der Waals surface area contributed by atoms with Crippen LogP contribution in [0, 0.1) is 6.92 Å². The summed E-state index contributed by atoms with van der Waals surface area (Å²) >= 11 is 1.57. The lowest BCUT2D eigenvalue weighted by Crippen LogP contribution is -2.12. The minimum Gasteiger partial charge on any atom is -0.322 e. The number of benzene rings is 2. The van der Waals surface area contributed by atoms with E-state index < -0.39 is 0 Å². The van der Waals surface area contributed by atoms with Crippen LogP contribution in [-0.4, -0.2) is 19.5 Å². The van der Waals surface area contributed by atoms with Gasteiger partial charge in [-0.15, -0.1) is 0 Å². The predicted molar refractivity (Wildman–Crippen MR) is 97.4 cm³/mol. The third-order valence-electron chi connectivity index (χ3n) is 4.07. The molecule has 120 valence electrons. The van der Waals surface area contributed by atoms with Crippen molar-refractivity contribution in [3.05, 3.63) is 64.2 Å². The summed E-state index contributed by atoms with van der Waals surface area (Å²) in [6, 6.07) is 13.7. The average molecular weight is 336 g/mol. The third kappa shape index (κ3) is 2.49. The second-order valence-corrected chi connectivity index (χ2v) is 6.66. The zero-order valence-corrected chi connectivity index (χ0v) is 14.2. The third-order valence-corrected chi connectivity index (χ3v) is 5.11. The highest BCUT2D eigenvalue weighted by molar-refractivity contribution is 7.98. The monoisotopic (exact) mass is 336 g/mol. The van der Waals surface area contributed by atoms with Crippen LogP contribution in [0.4, 0.5) is 0 Å². The molecule has 0 bridgehead atoms. The lowest BCUT2D eigenvalue weighted by Gasteiger charge is -2.05. The summed E-state index contributed by atoms with van der Waals surface area (Å²) in [4.78, 5) is 24.4. The number of aromatic nitrogens is 4. The van der Waals surface area contributed by atoms with E-state index >= 15 is 0 Å². The normalized spacial score (nSPS) is 11.4. The van der Waals surface area contributed by atoms with Gasteiger partial charge in [-0.1, -0.05) is 36.0 Å². The Balaban J connectivity index is 1.68. The zero-order valence-electron chi connectivity index (χ0n) is 13.4. The number of nitrogens with one attached hydrogen (secondary N) is 1. The molecule has 2 aromatic carbocycles. The second-order valence-electron chi connectivity index (χ2n) is 5.71. The summed E-state index contributed by atoms with van der Waals surface area (Å²) in [7, 11) is 2.00. The first-order valence-electron chi connectivity index (χ1n) is 7.66. The Kier molecular flexibility index (Phi) is 3.61. The number of H-pyrrole nitrogens is 1. The molecule has 0 spiro atoms. The van der Waals surface area contributed by atoms with Crippen molar-refractivity contribution in [3.63, 3.8) is 0 Å². The maximum Gasteiger partial charge on any atom is 0.258 e. The number of thioether (sulfide) groups is 1. The molecule has 0 aliphatic carbocycles. The highest BCUT2D eigenvalue weighted by Crippen LogP contribution is 2.25. The van der Waals surface area contributed by atoms with Gasteiger partial charge in [-0.3, -0.25) is 4.79 Å². The van der Waals surface area contributed by atoms with Crippen LogP contribution in [0.3, 0.4) is 0 Å². The molecule has 2 heterocycles. The van der Waals surface area contributed by atoms with Crippen molar-refractivity contribution in [2.24, 2.45) is 7.05 Å². The van der Waals surface area contributed by atoms with E-state index in [0.717, 1.165) is 27.3 Å².